The molecule has 34 heavy (non-hydrogen) atoms. The number of anilines is 1. The lowest BCUT2D eigenvalue weighted by Crippen LogP contribution is -2.27. The highest BCUT2D eigenvalue weighted by Crippen LogP contribution is 2.41. The molecule has 2 aromatic rings. The van der Waals surface area contributed by atoms with Crippen LogP contribution in [0, 0.1) is 0 Å². The first-order chi connectivity index (χ1) is 16.1. The Morgan fingerprint density at radius 1 is 1.15 bits per heavy atom. The lowest BCUT2D eigenvalue weighted by Gasteiger charge is -2.20. The van der Waals surface area contributed by atoms with E-state index in [0.717, 1.165) is 7.11 Å². The number of amides is 1. The number of hydrogen-bond acceptors (Lipinski definition) is 8. The highest BCUT2D eigenvalue weighted by Gasteiger charge is 2.37. The number of fused-ring (bicyclic) bond motifs is 2. The van der Waals surface area contributed by atoms with E-state index in [-0.39, 0.29) is 20.0 Å². The van der Waals surface area contributed by atoms with Crippen molar-refractivity contribution in [2.45, 2.75) is 45.1 Å². The van der Waals surface area contributed by atoms with Crippen LogP contribution in [-0.4, -0.2) is 44.3 Å². The molecule has 2 unspecified atom stereocenters. The standard InChI is InChI=1S/C24H26FNO8/c1-24(2,3)34-23(28)26-14-7-13(21-19(8-14)32-12-33-21)10-30-15-5-6-16-17(11-31-18(16)9-15)20(25)22(27)29-4/h5-9,17,20H,10-12H2,1-4H3,(H,26,28). The van der Waals surface area contributed by atoms with Crippen LogP contribution in [0.3, 0.4) is 0 Å². The zero-order chi connectivity index (χ0) is 24.5. The zero-order valence-electron chi connectivity index (χ0n) is 19.3. The number of hydrogen-bond donors (Lipinski definition) is 1. The number of ether oxygens (including phenoxy) is 6. The molecule has 4 rings (SSSR count). The Hall–Kier alpha value is -3.69. The second kappa shape index (κ2) is 9.28. The van der Waals surface area contributed by atoms with E-state index in [4.69, 9.17) is 23.7 Å². The summed E-state index contributed by atoms with van der Waals surface area (Å²) in [5, 5.41) is 2.68. The topological polar surface area (TPSA) is 102 Å². The molecule has 2 aliphatic rings. The number of halogens is 1. The van der Waals surface area contributed by atoms with Crippen LogP contribution < -0.4 is 24.3 Å². The second-order valence-corrected chi connectivity index (χ2v) is 8.83. The normalized spacial score (nSPS) is 16.8. The Morgan fingerprint density at radius 2 is 1.94 bits per heavy atom. The number of carbonyl (C=O) groups is 2. The number of carbonyl (C=O) groups excluding carboxylic acids is 2. The summed E-state index contributed by atoms with van der Waals surface area (Å²) in [6.45, 7) is 5.51. The second-order valence-electron chi connectivity index (χ2n) is 8.83. The molecular weight excluding hydrogens is 449 g/mol. The highest BCUT2D eigenvalue weighted by atomic mass is 19.1. The van der Waals surface area contributed by atoms with E-state index >= 15 is 0 Å². The summed E-state index contributed by atoms with van der Waals surface area (Å²) < 4.78 is 46.6. The molecule has 0 radical (unpaired) electrons. The molecule has 2 aliphatic heterocycles. The minimum Gasteiger partial charge on any atom is -0.492 e. The third kappa shape index (κ3) is 5.11. The number of rotatable bonds is 6. The lowest BCUT2D eigenvalue weighted by molar-refractivity contribution is -0.147. The molecule has 0 bridgehead atoms. The van der Waals surface area contributed by atoms with Crippen LogP contribution in [0.15, 0.2) is 30.3 Å². The van der Waals surface area contributed by atoms with Crippen LogP contribution >= 0.6 is 0 Å². The highest BCUT2D eigenvalue weighted by molar-refractivity contribution is 5.86. The molecule has 0 fully saturated rings. The van der Waals surface area contributed by atoms with Crippen molar-refractivity contribution < 1.29 is 42.4 Å². The van der Waals surface area contributed by atoms with Gasteiger partial charge in [0.25, 0.3) is 0 Å². The summed E-state index contributed by atoms with van der Waals surface area (Å²) in [5.74, 6) is 0.249. The summed E-state index contributed by atoms with van der Waals surface area (Å²) in [6.07, 6.45) is -2.40. The number of alkyl halides is 1. The summed E-state index contributed by atoms with van der Waals surface area (Å²) >= 11 is 0. The van der Waals surface area contributed by atoms with Gasteiger partial charge in [0, 0.05) is 28.9 Å². The molecule has 0 saturated carbocycles. The van der Waals surface area contributed by atoms with Crippen molar-refractivity contribution in [2.24, 2.45) is 0 Å². The molecule has 0 spiro atoms. The Morgan fingerprint density at radius 3 is 2.68 bits per heavy atom. The molecule has 182 valence electrons. The fourth-order valence-electron chi connectivity index (χ4n) is 3.67. The third-order valence-electron chi connectivity index (χ3n) is 5.17. The maximum Gasteiger partial charge on any atom is 0.412 e. The van der Waals surface area contributed by atoms with E-state index in [9.17, 15) is 14.0 Å². The van der Waals surface area contributed by atoms with E-state index in [0.29, 0.717) is 39.8 Å². The van der Waals surface area contributed by atoms with E-state index in [1.165, 1.54) is 0 Å². The predicted octanol–water partition coefficient (Wildman–Crippen LogP) is 4.33. The maximum absolute atomic E-state index is 14.3. The zero-order valence-corrected chi connectivity index (χ0v) is 19.3. The number of nitrogens with one attached hydrogen (secondary N) is 1. The number of methoxy groups -OCH3 is 1. The van der Waals surface area contributed by atoms with Crippen LogP contribution in [0.4, 0.5) is 14.9 Å². The average Bonchev–Trinajstić information content (AvgIpc) is 3.41. The molecule has 2 atom stereocenters. The van der Waals surface area contributed by atoms with Crippen molar-refractivity contribution in [3.05, 3.63) is 41.5 Å². The molecule has 0 aliphatic carbocycles. The van der Waals surface area contributed by atoms with E-state index in [1.807, 2.05) is 0 Å². The van der Waals surface area contributed by atoms with Crippen LogP contribution in [0.5, 0.6) is 23.0 Å². The minimum atomic E-state index is -1.81. The van der Waals surface area contributed by atoms with Crippen LogP contribution in [0.25, 0.3) is 0 Å². The van der Waals surface area contributed by atoms with Gasteiger partial charge in [-0.15, -0.1) is 0 Å². The van der Waals surface area contributed by atoms with Gasteiger partial charge in [-0.05, 0) is 32.9 Å². The Bertz CT molecular complexity index is 1100. The maximum atomic E-state index is 14.3. The van der Waals surface area contributed by atoms with Gasteiger partial charge < -0.3 is 28.4 Å². The van der Waals surface area contributed by atoms with E-state index < -0.39 is 29.8 Å². The minimum absolute atomic E-state index is 0.0338. The van der Waals surface area contributed by atoms with E-state index in [1.54, 1.807) is 51.1 Å². The molecule has 1 amide bonds. The van der Waals surface area contributed by atoms with Crippen LogP contribution in [0.2, 0.25) is 0 Å². The summed E-state index contributed by atoms with van der Waals surface area (Å²) in [4.78, 5) is 23.7. The lowest BCUT2D eigenvalue weighted by atomic mass is 9.96. The van der Waals surface area contributed by atoms with Crippen molar-refractivity contribution in [1.29, 1.82) is 0 Å². The van der Waals surface area contributed by atoms with Crippen molar-refractivity contribution in [3.63, 3.8) is 0 Å². The molecule has 10 heteroatoms. The molecular formula is C24H26FNO8. The first-order valence-electron chi connectivity index (χ1n) is 10.7. The summed E-state index contributed by atoms with van der Waals surface area (Å²) in [6, 6.07) is 8.34. The van der Waals surface area contributed by atoms with Crippen LogP contribution in [-0.2, 0) is 20.9 Å². The molecule has 0 aromatic heterocycles. The van der Waals surface area contributed by atoms with Gasteiger partial charge in [-0.3, -0.25) is 5.32 Å². The summed E-state index contributed by atoms with van der Waals surface area (Å²) in [7, 11) is 1.14. The van der Waals surface area contributed by atoms with Gasteiger partial charge in [-0.1, -0.05) is 6.07 Å². The third-order valence-corrected chi connectivity index (χ3v) is 5.17. The van der Waals surface area contributed by atoms with Gasteiger partial charge in [0.05, 0.1) is 19.6 Å². The largest absolute Gasteiger partial charge is 0.492 e. The van der Waals surface area contributed by atoms with Gasteiger partial charge in [-0.25, -0.2) is 14.0 Å². The van der Waals surface area contributed by atoms with Crippen molar-refractivity contribution in [1.82, 2.24) is 0 Å². The molecule has 0 saturated heterocycles. The van der Waals surface area contributed by atoms with Crippen molar-refractivity contribution in [2.75, 3.05) is 25.8 Å². The first-order valence-corrected chi connectivity index (χ1v) is 10.7. The average molecular weight is 475 g/mol. The molecule has 2 aromatic carbocycles. The van der Waals surface area contributed by atoms with Gasteiger partial charge >= 0.3 is 12.1 Å². The van der Waals surface area contributed by atoms with Gasteiger partial charge in [0.1, 0.15) is 23.7 Å². The number of esters is 1. The summed E-state index contributed by atoms with van der Waals surface area (Å²) in [5.41, 5.74) is 1.05. The van der Waals surface area contributed by atoms with Gasteiger partial charge in [0.2, 0.25) is 13.0 Å². The number of benzene rings is 2. The molecule has 9 nitrogen and oxygen atoms in total. The van der Waals surface area contributed by atoms with Crippen LogP contribution in [0.1, 0.15) is 37.8 Å². The molecule has 1 N–H and O–H groups in total. The Kier molecular flexibility index (Phi) is 6.41. The van der Waals surface area contributed by atoms with Gasteiger partial charge in [-0.2, -0.15) is 0 Å². The first kappa shape index (κ1) is 23.5. The Balaban J connectivity index is 1.47. The predicted molar refractivity (Wildman–Crippen MR) is 118 cm³/mol. The SMILES string of the molecule is COC(=O)C(F)C1COc2cc(OCc3cc(NC(=O)OC(C)(C)C)cc4c3OCO4)ccc21. The quantitative estimate of drug-likeness (QED) is 0.616. The fraction of sp³-hybridized carbons (Fsp3) is 0.417. The van der Waals surface area contributed by atoms with Crippen molar-refractivity contribution >= 4 is 17.7 Å². The van der Waals surface area contributed by atoms with Crippen molar-refractivity contribution in [3.8, 4) is 23.0 Å². The van der Waals surface area contributed by atoms with Gasteiger partial charge in [0.15, 0.2) is 11.5 Å². The molecule has 2 heterocycles. The monoisotopic (exact) mass is 475 g/mol. The van der Waals surface area contributed by atoms with E-state index in [2.05, 4.69) is 10.1 Å². The Labute approximate surface area is 196 Å². The smallest absolute Gasteiger partial charge is 0.412 e. The fourth-order valence-corrected chi connectivity index (χ4v) is 3.67.